The van der Waals surface area contributed by atoms with Gasteiger partial charge < -0.3 is 15.1 Å². The second-order valence-electron chi connectivity index (χ2n) is 7.31. The highest BCUT2D eigenvalue weighted by atomic mass is 16.2. The van der Waals surface area contributed by atoms with Gasteiger partial charge in [0, 0.05) is 37.9 Å². The van der Waals surface area contributed by atoms with Gasteiger partial charge in [-0.15, -0.1) is 0 Å². The summed E-state index contributed by atoms with van der Waals surface area (Å²) >= 11 is 0. The number of nitrogens with one attached hydrogen (secondary N) is 1. The quantitative estimate of drug-likeness (QED) is 0.877. The Labute approximate surface area is 161 Å². The van der Waals surface area contributed by atoms with Gasteiger partial charge in [-0.2, -0.15) is 0 Å². The summed E-state index contributed by atoms with van der Waals surface area (Å²) in [6, 6.07) is 10.1. The van der Waals surface area contributed by atoms with E-state index in [1.165, 1.54) is 5.56 Å². The van der Waals surface area contributed by atoms with Crippen LogP contribution >= 0.6 is 0 Å². The van der Waals surface area contributed by atoms with Gasteiger partial charge in [0.25, 0.3) is 5.91 Å². The number of carbonyl (C=O) groups is 1. The predicted molar refractivity (Wildman–Crippen MR) is 109 cm³/mol. The van der Waals surface area contributed by atoms with Gasteiger partial charge in [0.15, 0.2) is 0 Å². The minimum atomic E-state index is -0.0190. The molecule has 1 fully saturated rings. The largest absolute Gasteiger partial charge is 0.340 e. The maximum Gasteiger partial charge on any atom is 0.272 e. The molecule has 1 N–H and O–H groups in total. The highest BCUT2D eigenvalue weighted by Crippen LogP contribution is 2.20. The molecule has 1 amide bonds. The van der Waals surface area contributed by atoms with Crippen LogP contribution in [0, 0.1) is 6.92 Å². The molecule has 0 saturated carbocycles. The van der Waals surface area contributed by atoms with Crippen LogP contribution in [-0.2, 0) is 0 Å². The summed E-state index contributed by atoms with van der Waals surface area (Å²) in [4.78, 5) is 25.9. The van der Waals surface area contributed by atoms with Crippen molar-refractivity contribution in [3.05, 3.63) is 47.4 Å². The maximum absolute atomic E-state index is 12.9. The summed E-state index contributed by atoms with van der Waals surface area (Å²) in [5.41, 5.74) is 2.70. The number of likely N-dealkylation sites (N-methyl/N-ethyl adjacent to an activating group) is 1. The maximum atomic E-state index is 12.9. The molecule has 0 bridgehead atoms. The summed E-state index contributed by atoms with van der Waals surface area (Å²) in [5.74, 6) is 1.72. The van der Waals surface area contributed by atoms with Crippen molar-refractivity contribution in [2.45, 2.75) is 33.6 Å². The van der Waals surface area contributed by atoms with Crippen LogP contribution in [0.4, 0.5) is 11.5 Å². The number of piperazine rings is 1. The molecule has 1 aromatic heterocycles. The van der Waals surface area contributed by atoms with Gasteiger partial charge in [0.05, 0.1) is 0 Å². The highest BCUT2D eigenvalue weighted by Gasteiger charge is 2.23. The van der Waals surface area contributed by atoms with Crippen molar-refractivity contribution in [2.75, 3.05) is 38.0 Å². The van der Waals surface area contributed by atoms with E-state index in [1.54, 1.807) is 6.07 Å². The molecule has 144 valence electrons. The van der Waals surface area contributed by atoms with E-state index in [2.05, 4.69) is 53.1 Å². The molecule has 1 aromatic carbocycles. The first-order valence-electron chi connectivity index (χ1n) is 9.70. The van der Waals surface area contributed by atoms with E-state index >= 15 is 0 Å². The number of carbonyl (C=O) groups excluding carboxylic acids is 1. The lowest BCUT2D eigenvalue weighted by atomic mass is 10.0. The molecule has 0 spiro atoms. The molecule has 6 nitrogen and oxygen atoms in total. The molecule has 1 aliphatic heterocycles. The van der Waals surface area contributed by atoms with Crippen LogP contribution in [-0.4, -0.2) is 58.4 Å². The molecule has 27 heavy (non-hydrogen) atoms. The van der Waals surface area contributed by atoms with Crippen molar-refractivity contribution in [2.24, 2.45) is 0 Å². The number of anilines is 2. The third kappa shape index (κ3) is 4.83. The van der Waals surface area contributed by atoms with Gasteiger partial charge in [-0.25, -0.2) is 9.97 Å². The summed E-state index contributed by atoms with van der Waals surface area (Å²) < 4.78 is 0. The van der Waals surface area contributed by atoms with E-state index in [4.69, 9.17) is 0 Å². The van der Waals surface area contributed by atoms with E-state index in [-0.39, 0.29) is 5.91 Å². The third-order valence-corrected chi connectivity index (χ3v) is 5.01. The summed E-state index contributed by atoms with van der Waals surface area (Å²) in [6.07, 6.45) is 0. The van der Waals surface area contributed by atoms with Crippen LogP contribution < -0.4 is 5.32 Å². The number of rotatable bonds is 5. The summed E-state index contributed by atoms with van der Waals surface area (Å²) in [6.45, 7) is 12.7. The smallest absolute Gasteiger partial charge is 0.272 e. The summed E-state index contributed by atoms with van der Waals surface area (Å²) in [5, 5.41) is 3.30. The number of aromatic nitrogens is 2. The number of nitrogens with zero attached hydrogens (tertiary/aromatic N) is 4. The van der Waals surface area contributed by atoms with Gasteiger partial charge in [-0.3, -0.25) is 4.79 Å². The van der Waals surface area contributed by atoms with E-state index in [1.807, 2.05) is 24.0 Å². The van der Waals surface area contributed by atoms with Crippen molar-refractivity contribution in [1.29, 1.82) is 0 Å². The topological polar surface area (TPSA) is 61.4 Å². The molecule has 0 atom stereocenters. The number of hydrogen-bond acceptors (Lipinski definition) is 5. The second kappa shape index (κ2) is 8.48. The third-order valence-electron chi connectivity index (χ3n) is 5.01. The Morgan fingerprint density at radius 3 is 2.37 bits per heavy atom. The molecular weight excluding hydrogens is 338 g/mol. The Balaban J connectivity index is 1.73. The zero-order valence-electron chi connectivity index (χ0n) is 16.7. The first-order valence-corrected chi connectivity index (χ1v) is 9.70. The zero-order chi connectivity index (χ0) is 19.4. The fourth-order valence-corrected chi connectivity index (χ4v) is 3.27. The van der Waals surface area contributed by atoms with Crippen molar-refractivity contribution in [3.8, 4) is 0 Å². The van der Waals surface area contributed by atoms with Crippen molar-refractivity contribution in [3.63, 3.8) is 0 Å². The first-order chi connectivity index (χ1) is 13.0. The van der Waals surface area contributed by atoms with Gasteiger partial charge >= 0.3 is 0 Å². The number of amides is 1. The minimum absolute atomic E-state index is 0.0190. The first kappa shape index (κ1) is 19.3. The minimum Gasteiger partial charge on any atom is -0.340 e. The molecule has 1 aliphatic rings. The molecule has 2 heterocycles. The molecular formula is C21H29N5O. The molecule has 1 saturated heterocycles. The Kier molecular flexibility index (Phi) is 6.06. The van der Waals surface area contributed by atoms with Crippen molar-refractivity contribution in [1.82, 2.24) is 19.8 Å². The van der Waals surface area contributed by atoms with Crippen LogP contribution in [0.1, 0.15) is 48.6 Å². The van der Waals surface area contributed by atoms with Crippen molar-refractivity contribution < 1.29 is 4.79 Å². The van der Waals surface area contributed by atoms with E-state index < -0.39 is 0 Å². The SMILES string of the molecule is CCN1CCN(C(=O)c2cc(Nc3ccc(C(C)C)cc3)nc(C)n2)CC1. The van der Waals surface area contributed by atoms with E-state index in [9.17, 15) is 4.79 Å². The van der Waals surface area contributed by atoms with Crippen LogP contribution in [0.2, 0.25) is 0 Å². The molecule has 3 rings (SSSR count). The predicted octanol–water partition coefficient (Wildman–Crippen LogP) is 3.43. The van der Waals surface area contributed by atoms with Crippen LogP contribution in [0.3, 0.4) is 0 Å². The van der Waals surface area contributed by atoms with Crippen LogP contribution in [0.15, 0.2) is 30.3 Å². The fourth-order valence-electron chi connectivity index (χ4n) is 3.27. The lowest BCUT2D eigenvalue weighted by Gasteiger charge is -2.33. The highest BCUT2D eigenvalue weighted by molar-refractivity contribution is 5.93. The Bertz CT molecular complexity index is 780. The van der Waals surface area contributed by atoms with Crippen LogP contribution in [0.5, 0.6) is 0 Å². The van der Waals surface area contributed by atoms with E-state index in [0.29, 0.717) is 23.3 Å². The van der Waals surface area contributed by atoms with Gasteiger partial charge in [-0.05, 0) is 37.1 Å². The van der Waals surface area contributed by atoms with Gasteiger partial charge in [0.2, 0.25) is 0 Å². The lowest BCUT2D eigenvalue weighted by Crippen LogP contribution is -2.48. The average Bonchev–Trinajstić information content (AvgIpc) is 2.67. The Morgan fingerprint density at radius 1 is 1.11 bits per heavy atom. The Hall–Kier alpha value is -2.47. The van der Waals surface area contributed by atoms with E-state index in [0.717, 1.165) is 38.4 Å². The zero-order valence-corrected chi connectivity index (χ0v) is 16.7. The van der Waals surface area contributed by atoms with Gasteiger partial charge in [0.1, 0.15) is 17.3 Å². The van der Waals surface area contributed by atoms with Gasteiger partial charge in [-0.1, -0.05) is 32.9 Å². The second-order valence-corrected chi connectivity index (χ2v) is 7.31. The summed E-state index contributed by atoms with van der Waals surface area (Å²) in [7, 11) is 0. The van der Waals surface area contributed by atoms with Crippen molar-refractivity contribution >= 4 is 17.4 Å². The number of hydrogen-bond donors (Lipinski definition) is 1. The van der Waals surface area contributed by atoms with Crippen LogP contribution in [0.25, 0.3) is 0 Å². The monoisotopic (exact) mass is 367 g/mol. The molecule has 2 aromatic rings. The normalized spacial score (nSPS) is 15.2. The molecule has 0 aliphatic carbocycles. The lowest BCUT2D eigenvalue weighted by molar-refractivity contribution is 0.0637. The fraction of sp³-hybridized carbons (Fsp3) is 0.476. The standard InChI is InChI=1S/C21H29N5O/c1-5-25-10-12-26(13-11-25)21(27)19-14-20(23-16(4)22-19)24-18-8-6-17(7-9-18)15(2)3/h6-9,14-15H,5,10-13H2,1-4H3,(H,22,23,24). The number of benzene rings is 1. The Morgan fingerprint density at radius 2 is 1.78 bits per heavy atom. The molecule has 6 heteroatoms. The average molecular weight is 367 g/mol. The number of aryl methyl sites for hydroxylation is 1. The molecule has 0 radical (unpaired) electrons. The molecule has 0 unspecified atom stereocenters.